The molecule has 0 spiro atoms. The molecule has 5 atom stereocenters. The minimum Gasteiger partial charge on any atom is -0.459 e. The molecule has 1 N–H and O–H groups in total. The molecular weight excluding hydrogens is 529 g/mol. The van der Waals surface area contributed by atoms with Crippen LogP contribution in [0.1, 0.15) is 45.6 Å². The highest BCUT2D eigenvalue weighted by Gasteiger charge is 2.44. The third kappa shape index (κ3) is 8.16. The van der Waals surface area contributed by atoms with E-state index in [1.807, 2.05) is 18.7 Å². The molecule has 38 heavy (non-hydrogen) atoms. The average molecular weight is 561 g/mol. The van der Waals surface area contributed by atoms with Crippen LogP contribution >= 0.6 is 12.8 Å². The lowest BCUT2D eigenvalue weighted by Gasteiger charge is -2.43. The van der Waals surface area contributed by atoms with E-state index >= 15 is 0 Å². The molecule has 1 fully saturated rings. The molecule has 0 saturated carbocycles. The van der Waals surface area contributed by atoms with Gasteiger partial charge in [-0.25, -0.2) is 4.68 Å². The first-order chi connectivity index (χ1) is 18.0. The van der Waals surface area contributed by atoms with E-state index in [2.05, 4.69) is 28.0 Å². The van der Waals surface area contributed by atoms with Crippen molar-refractivity contribution in [1.29, 1.82) is 0 Å². The summed E-state index contributed by atoms with van der Waals surface area (Å²) < 4.78 is 58.5. The summed E-state index contributed by atoms with van der Waals surface area (Å²) in [6.45, 7) is 5.63. The largest absolute Gasteiger partial charge is 0.459 e. The fourth-order valence-corrected chi connectivity index (χ4v) is 4.31. The van der Waals surface area contributed by atoms with E-state index in [0.717, 1.165) is 12.1 Å². The van der Waals surface area contributed by atoms with Crippen LogP contribution < -0.4 is 4.89 Å². The lowest BCUT2D eigenvalue weighted by molar-refractivity contribution is -0.269. The topological polar surface area (TPSA) is 114 Å². The van der Waals surface area contributed by atoms with Crippen LogP contribution in [0.25, 0.3) is 11.3 Å². The van der Waals surface area contributed by atoms with Crippen LogP contribution in [-0.2, 0) is 41.4 Å². The van der Waals surface area contributed by atoms with Crippen LogP contribution in [0.15, 0.2) is 30.5 Å². The van der Waals surface area contributed by atoms with Crippen molar-refractivity contribution in [3.05, 3.63) is 36.0 Å². The molecule has 0 bridgehead atoms. The normalized spacial score (nSPS) is 23.7. The van der Waals surface area contributed by atoms with E-state index in [1.54, 1.807) is 0 Å². The van der Waals surface area contributed by atoms with Gasteiger partial charge in [-0.15, -0.1) is 5.10 Å². The van der Waals surface area contributed by atoms with Crippen molar-refractivity contribution in [2.45, 2.75) is 71.3 Å². The summed E-state index contributed by atoms with van der Waals surface area (Å²) in [6, 6.07) is 4.82. The number of esters is 1. The molecular formula is C24H31F3N4O6S. The summed E-state index contributed by atoms with van der Waals surface area (Å²) in [7, 11) is 0. The summed E-state index contributed by atoms with van der Waals surface area (Å²) >= 11 is 3.60. The third-order valence-electron chi connectivity index (χ3n) is 6.36. The Morgan fingerprint density at radius 2 is 1.97 bits per heavy atom. The first kappa shape index (κ1) is 29.9. The fourth-order valence-electron chi connectivity index (χ4n) is 4.20. The highest BCUT2D eigenvalue weighted by molar-refractivity contribution is 7.77. The van der Waals surface area contributed by atoms with Gasteiger partial charge in [0.2, 0.25) is 0 Å². The first-order valence-corrected chi connectivity index (χ1v) is 12.5. The van der Waals surface area contributed by atoms with Gasteiger partial charge in [-0.2, -0.15) is 13.2 Å². The van der Waals surface area contributed by atoms with Gasteiger partial charge in [0, 0.05) is 37.4 Å². The molecule has 2 aromatic rings. The van der Waals surface area contributed by atoms with E-state index in [4.69, 9.17) is 14.2 Å². The predicted molar refractivity (Wildman–Crippen MR) is 131 cm³/mol. The number of thiol groups is 1. The Balaban J connectivity index is 1.68. The summed E-state index contributed by atoms with van der Waals surface area (Å²) in [5.74, 6) is -1.15. The Bertz CT molecular complexity index is 1090. The lowest BCUT2D eigenvalue weighted by atomic mass is 9.84. The number of hydrogen-bond donors (Lipinski definition) is 2. The van der Waals surface area contributed by atoms with Crippen LogP contribution in [0.5, 0.6) is 0 Å². The van der Waals surface area contributed by atoms with Crippen LogP contribution in [-0.4, -0.2) is 52.0 Å². The van der Waals surface area contributed by atoms with E-state index in [-0.39, 0.29) is 36.1 Å². The molecule has 0 radical (unpaired) electrons. The van der Waals surface area contributed by atoms with Crippen molar-refractivity contribution >= 4 is 24.8 Å². The maximum Gasteiger partial charge on any atom is 0.416 e. The van der Waals surface area contributed by atoms with E-state index in [1.165, 1.54) is 29.9 Å². The number of rotatable bonds is 11. The molecule has 1 saturated heterocycles. The highest BCUT2D eigenvalue weighted by atomic mass is 32.1. The molecule has 0 amide bonds. The number of hydrogen-bond acceptors (Lipinski definition) is 10. The average Bonchev–Trinajstić information content (AvgIpc) is 3.32. The van der Waals surface area contributed by atoms with Crippen LogP contribution in [0.4, 0.5) is 13.2 Å². The number of nitrogens with one attached hydrogen (secondary N) is 1. The van der Waals surface area contributed by atoms with Gasteiger partial charge in [-0.3, -0.25) is 9.59 Å². The summed E-state index contributed by atoms with van der Waals surface area (Å²) in [5.41, 5.74) is -0.255. The number of aromatic nitrogens is 3. The molecule has 1 aromatic carbocycles. The summed E-state index contributed by atoms with van der Waals surface area (Å²) in [6.07, 6.45) is -3.50. The zero-order valence-corrected chi connectivity index (χ0v) is 22.1. The monoisotopic (exact) mass is 560 g/mol. The van der Waals surface area contributed by atoms with Crippen molar-refractivity contribution < 1.29 is 41.8 Å². The number of halogens is 3. The van der Waals surface area contributed by atoms with Gasteiger partial charge >= 0.3 is 18.1 Å². The number of nitrogens with zero attached hydrogens (tertiary/aromatic N) is 3. The number of carbonyl (C=O) groups is 2. The molecule has 14 heteroatoms. The second-order valence-electron chi connectivity index (χ2n) is 9.13. The predicted octanol–water partition coefficient (Wildman–Crippen LogP) is 3.97. The number of ether oxygens (including phenoxy) is 3. The minimum atomic E-state index is -4.48. The van der Waals surface area contributed by atoms with Crippen LogP contribution in [0.2, 0.25) is 0 Å². The van der Waals surface area contributed by atoms with Crippen molar-refractivity contribution in [3.63, 3.8) is 0 Å². The quantitative estimate of drug-likeness (QED) is 0.182. The van der Waals surface area contributed by atoms with Gasteiger partial charge in [-0.05, 0) is 25.0 Å². The maximum absolute atomic E-state index is 13.1. The third-order valence-corrected chi connectivity index (χ3v) is 6.45. The highest BCUT2D eigenvalue weighted by Crippen LogP contribution is 2.35. The summed E-state index contributed by atoms with van der Waals surface area (Å²) in [5, 5.41) is 8.06. The SMILES string of the molecule is CC(=O)O[C@H]1C(Cn2cc(-c3cccc(C(F)(F)F)c3)nn2)OC(OCCCCC(=O)ONS)C(C)[C@H]1C. The Hall–Kier alpha value is -2.68. The Morgan fingerprint density at radius 1 is 1.21 bits per heavy atom. The Morgan fingerprint density at radius 3 is 2.66 bits per heavy atom. The molecule has 2 heterocycles. The van der Waals surface area contributed by atoms with Crippen molar-refractivity contribution in [3.8, 4) is 11.3 Å². The molecule has 210 valence electrons. The summed E-state index contributed by atoms with van der Waals surface area (Å²) in [4.78, 5) is 29.8. The molecule has 3 rings (SSSR count). The van der Waals surface area contributed by atoms with Crippen LogP contribution in [0.3, 0.4) is 0 Å². The van der Waals surface area contributed by atoms with Crippen molar-refractivity contribution in [1.82, 2.24) is 19.9 Å². The van der Waals surface area contributed by atoms with Crippen molar-refractivity contribution in [2.75, 3.05) is 6.61 Å². The first-order valence-electron chi connectivity index (χ1n) is 12.1. The van der Waals surface area contributed by atoms with E-state index in [9.17, 15) is 22.8 Å². The smallest absolute Gasteiger partial charge is 0.416 e. The molecule has 1 aromatic heterocycles. The molecule has 10 nitrogen and oxygen atoms in total. The second-order valence-corrected chi connectivity index (χ2v) is 9.32. The molecule has 1 aliphatic heterocycles. The van der Waals surface area contributed by atoms with Crippen LogP contribution in [0, 0.1) is 11.8 Å². The molecule has 1 aliphatic rings. The second kappa shape index (κ2) is 13.4. The lowest BCUT2D eigenvalue weighted by Crippen LogP contribution is -2.53. The Kier molecular flexibility index (Phi) is 10.5. The van der Waals surface area contributed by atoms with Gasteiger partial charge in [0.25, 0.3) is 0 Å². The zero-order valence-electron chi connectivity index (χ0n) is 21.2. The number of alkyl halides is 3. The van der Waals surface area contributed by atoms with E-state index < -0.39 is 42.2 Å². The number of unbranched alkanes of at least 4 members (excludes halogenated alkanes) is 1. The van der Waals surface area contributed by atoms with E-state index in [0.29, 0.717) is 19.4 Å². The maximum atomic E-state index is 13.1. The Labute approximate surface area is 223 Å². The van der Waals surface area contributed by atoms with Crippen molar-refractivity contribution in [2.24, 2.45) is 11.8 Å². The standard InChI is InChI=1S/C24H31F3N4O6S/c1-14-15(2)23(34-10-5-4-9-21(33)37-30-38)36-20(22(14)35-16(3)32)13-31-12-19(28-29-31)17-7-6-8-18(11-17)24(25,26)27/h6-8,11-12,14-15,20,22-23,30,38H,4-5,9-10,13H2,1-3H3/t14-,15?,20?,22-,23?/m1/s1. The number of benzene rings is 1. The number of carbonyl (C=O) groups excluding carboxylic acids is 2. The van der Waals surface area contributed by atoms with Gasteiger partial charge in [0.05, 0.1) is 18.3 Å². The van der Waals surface area contributed by atoms with Gasteiger partial charge in [-0.1, -0.05) is 48.9 Å². The van der Waals surface area contributed by atoms with Gasteiger partial charge in [0.1, 0.15) is 17.9 Å². The fraction of sp³-hybridized carbons (Fsp3) is 0.583. The zero-order chi connectivity index (χ0) is 27.9. The van der Waals surface area contributed by atoms with Gasteiger partial charge in [0.15, 0.2) is 6.29 Å². The molecule has 3 unspecified atom stereocenters. The minimum absolute atomic E-state index is 0.120. The van der Waals surface area contributed by atoms with Gasteiger partial charge < -0.3 is 19.0 Å². The molecule has 0 aliphatic carbocycles.